The molecule has 3 aromatic rings. The van der Waals surface area contributed by atoms with Gasteiger partial charge in [-0.1, -0.05) is 13.8 Å². The molecular formula is C24H27NO7S2. The molecule has 0 bridgehead atoms. The summed E-state index contributed by atoms with van der Waals surface area (Å²) in [6.45, 7) is 5.00. The minimum absolute atomic E-state index is 0.0218. The molecule has 2 N–H and O–H groups in total. The molecule has 0 saturated heterocycles. The Morgan fingerprint density at radius 3 is 1.74 bits per heavy atom. The molecule has 10 heteroatoms. The summed E-state index contributed by atoms with van der Waals surface area (Å²) in [5, 5.41) is 10.9. The summed E-state index contributed by atoms with van der Waals surface area (Å²) in [7, 11) is -5.30. The molecule has 0 heterocycles. The van der Waals surface area contributed by atoms with E-state index in [4.69, 9.17) is 9.47 Å². The van der Waals surface area contributed by atoms with Crippen molar-refractivity contribution in [2.45, 2.75) is 41.4 Å². The molecule has 182 valence electrons. The van der Waals surface area contributed by atoms with Gasteiger partial charge in [-0.2, -0.15) is 0 Å². The normalized spacial score (nSPS) is 11.9. The summed E-state index contributed by atoms with van der Waals surface area (Å²) in [4.78, 5) is -0.431. The number of methoxy groups -OCH3 is 2. The predicted octanol–water partition coefficient (Wildman–Crippen LogP) is 4.47. The van der Waals surface area contributed by atoms with E-state index in [2.05, 4.69) is 4.72 Å². The average Bonchev–Trinajstić information content (AvgIpc) is 2.80. The maximum Gasteiger partial charge on any atom is 0.261 e. The number of rotatable bonds is 8. The van der Waals surface area contributed by atoms with Gasteiger partial charge < -0.3 is 14.6 Å². The van der Waals surface area contributed by atoms with Crippen LogP contribution in [0.1, 0.15) is 30.9 Å². The fourth-order valence-electron chi connectivity index (χ4n) is 3.47. The summed E-state index contributed by atoms with van der Waals surface area (Å²) in [5.41, 5.74) is 0.435. The number of sulfone groups is 1. The van der Waals surface area contributed by atoms with Crippen LogP contribution < -0.4 is 14.2 Å². The van der Waals surface area contributed by atoms with Crippen LogP contribution in [0.25, 0.3) is 0 Å². The van der Waals surface area contributed by atoms with Gasteiger partial charge in [-0.3, -0.25) is 4.72 Å². The molecule has 0 amide bonds. The highest BCUT2D eigenvalue weighted by molar-refractivity contribution is 7.93. The Morgan fingerprint density at radius 2 is 1.29 bits per heavy atom. The summed E-state index contributed by atoms with van der Waals surface area (Å²) < 4.78 is 65.8. The maximum absolute atomic E-state index is 13.5. The predicted molar refractivity (Wildman–Crippen MR) is 129 cm³/mol. The number of aromatic hydroxyl groups is 1. The first-order chi connectivity index (χ1) is 15.9. The second-order valence-corrected chi connectivity index (χ2v) is 11.5. The molecule has 0 atom stereocenters. The highest BCUT2D eigenvalue weighted by Crippen LogP contribution is 2.42. The van der Waals surface area contributed by atoms with Gasteiger partial charge in [-0.25, -0.2) is 16.8 Å². The Balaban J connectivity index is 2.17. The fraction of sp³-hybridized carbons (Fsp3) is 0.250. The van der Waals surface area contributed by atoms with Crippen molar-refractivity contribution < 1.29 is 31.4 Å². The van der Waals surface area contributed by atoms with E-state index >= 15 is 0 Å². The molecule has 0 aliphatic rings. The van der Waals surface area contributed by atoms with Crippen LogP contribution in [-0.4, -0.2) is 36.2 Å². The van der Waals surface area contributed by atoms with Crippen LogP contribution in [0.2, 0.25) is 0 Å². The molecular weight excluding hydrogens is 478 g/mol. The molecule has 0 fully saturated rings. The third-order valence-corrected chi connectivity index (χ3v) is 8.72. The van der Waals surface area contributed by atoms with Crippen LogP contribution in [0.5, 0.6) is 17.2 Å². The zero-order valence-corrected chi connectivity index (χ0v) is 21.1. The third-order valence-electron chi connectivity index (χ3n) is 5.41. The average molecular weight is 506 g/mol. The zero-order valence-electron chi connectivity index (χ0n) is 19.5. The zero-order chi connectivity index (χ0) is 25.3. The van der Waals surface area contributed by atoms with Crippen LogP contribution in [0.3, 0.4) is 0 Å². The molecule has 0 saturated carbocycles. The molecule has 0 spiro atoms. The molecule has 3 aromatic carbocycles. The van der Waals surface area contributed by atoms with Crippen molar-refractivity contribution in [2.24, 2.45) is 0 Å². The van der Waals surface area contributed by atoms with Gasteiger partial charge in [0.1, 0.15) is 22.1 Å². The molecule has 8 nitrogen and oxygen atoms in total. The monoisotopic (exact) mass is 505 g/mol. The third kappa shape index (κ3) is 4.83. The van der Waals surface area contributed by atoms with Crippen LogP contribution in [-0.2, 0) is 19.9 Å². The number of sulfonamides is 1. The highest BCUT2D eigenvalue weighted by Gasteiger charge is 2.30. The number of hydrogen-bond donors (Lipinski definition) is 2. The summed E-state index contributed by atoms with van der Waals surface area (Å²) in [6.07, 6.45) is 0. The van der Waals surface area contributed by atoms with Crippen molar-refractivity contribution in [1.29, 1.82) is 0 Å². The van der Waals surface area contributed by atoms with Crippen molar-refractivity contribution in [3.63, 3.8) is 0 Å². The van der Waals surface area contributed by atoms with E-state index in [9.17, 15) is 21.9 Å². The molecule has 3 rings (SSSR count). The first kappa shape index (κ1) is 25.4. The lowest BCUT2D eigenvalue weighted by atomic mass is 9.99. The van der Waals surface area contributed by atoms with E-state index in [1.807, 2.05) is 0 Å². The largest absolute Gasteiger partial charge is 0.506 e. The van der Waals surface area contributed by atoms with E-state index in [0.717, 1.165) is 0 Å². The van der Waals surface area contributed by atoms with Gasteiger partial charge in [-0.15, -0.1) is 0 Å². The summed E-state index contributed by atoms with van der Waals surface area (Å²) in [6, 6.07) is 13.0. The van der Waals surface area contributed by atoms with Gasteiger partial charge in [0, 0.05) is 0 Å². The Morgan fingerprint density at radius 1 is 0.824 bits per heavy atom. The Labute approximate surface area is 200 Å². The molecule has 0 aromatic heterocycles. The Hall–Kier alpha value is -3.24. The standard InChI is InChI=1S/C24H27NO7S2/c1-15(2)21-14-22(25-34(29,30)20-12-8-18(32-5)9-13-20)16(3)24(23(21)26)33(27,28)19-10-6-17(31-4)7-11-19/h6-15,25-26H,1-5H3. The lowest BCUT2D eigenvalue weighted by molar-refractivity contribution is 0.414. The number of nitrogens with one attached hydrogen (secondary N) is 1. The lowest BCUT2D eigenvalue weighted by Gasteiger charge is -2.20. The van der Waals surface area contributed by atoms with Crippen LogP contribution in [0.4, 0.5) is 5.69 Å². The second kappa shape index (κ2) is 9.55. The second-order valence-electron chi connectivity index (χ2n) is 7.93. The smallest absolute Gasteiger partial charge is 0.261 e. The molecule has 0 unspecified atom stereocenters. The van der Waals surface area contributed by atoms with Gasteiger partial charge in [0.15, 0.2) is 0 Å². The Kier molecular flexibility index (Phi) is 7.13. The molecule has 34 heavy (non-hydrogen) atoms. The number of hydrogen-bond acceptors (Lipinski definition) is 7. The first-order valence-electron chi connectivity index (χ1n) is 10.3. The SMILES string of the molecule is COc1ccc(S(=O)(=O)Nc2cc(C(C)C)c(O)c(S(=O)(=O)c3ccc(OC)cc3)c2C)cc1. The van der Waals surface area contributed by atoms with E-state index in [1.54, 1.807) is 13.8 Å². The van der Waals surface area contributed by atoms with Crippen LogP contribution in [0, 0.1) is 6.92 Å². The van der Waals surface area contributed by atoms with Crippen LogP contribution >= 0.6 is 0 Å². The molecule has 0 aliphatic carbocycles. The fourth-order valence-corrected chi connectivity index (χ4v) is 6.20. The van der Waals surface area contributed by atoms with E-state index in [0.29, 0.717) is 17.1 Å². The minimum Gasteiger partial charge on any atom is -0.506 e. The van der Waals surface area contributed by atoms with E-state index < -0.39 is 25.6 Å². The van der Waals surface area contributed by atoms with E-state index in [-0.39, 0.29) is 31.9 Å². The summed E-state index contributed by atoms with van der Waals surface area (Å²) >= 11 is 0. The lowest BCUT2D eigenvalue weighted by Crippen LogP contribution is -2.16. The van der Waals surface area contributed by atoms with Gasteiger partial charge in [-0.05, 0) is 78.6 Å². The van der Waals surface area contributed by atoms with E-state index in [1.165, 1.54) is 75.7 Å². The van der Waals surface area contributed by atoms with Gasteiger partial charge >= 0.3 is 0 Å². The number of phenols is 1. The number of phenolic OH excluding ortho intramolecular Hbond substituents is 1. The van der Waals surface area contributed by atoms with Gasteiger partial charge in [0.05, 0.1) is 29.7 Å². The maximum atomic E-state index is 13.5. The quantitative estimate of drug-likeness (QED) is 0.433. The summed E-state index contributed by atoms with van der Waals surface area (Å²) in [5.74, 6) is 0.281. The number of ether oxygens (including phenoxy) is 2. The van der Waals surface area contributed by atoms with Crippen molar-refractivity contribution in [3.8, 4) is 17.2 Å². The number of benzene rings is 3. The molecule has 0 radical (unpaired) electrons. The Bertz CT molecular complexity index is 1400. The number of anilines is 1. The van der Waals surface area contributed by atoms with Gasteiger partial charge in [0.2, 0.25) is 9.84 Å². The topological polar surface area (TPSA) is 119 Å². The van der Waals surface area contributed by atoms with Gasteiger partial charge in [0.25, 0.3) is 10.0 Å². The van der Waals surface area contributed by atoms with Crippen LogP contribution in [0.15, 0.2) is 69.3 Å². The van der Waals surface area contributed by atoms with Crippen molar-refractivity contribution in [2.75, 3.05) is 18.9 Å². The molecule has 0 aliphatic heterocycles. The van der Waals surface area contributed by atoms with Crippen molar-refractivity contribution >= 4 is 25.5 Å². The minimum atomic E-state index is -4.19. The highest BCUT2D eigenvalue weighted by atomic mass is 32.2. The van der Waals surface area contributed by atoms with Crippen molar-refractivity contribution in [1.82, 2.24) is 0 Å². The first-order valence-corrected chi connectivity index (χ1v) is 13.3. The van der Waals surface area contributed by atoms with Crippen molar-refractivity contribution in [3.05, 3.63) is 65.7 Å².